The molecule has 0 aromatic carbocycles. The topological polar surface area (TPSA) is 83.2 Å². The van der Waals surface area contributed by atoms with Crippen molar-refractivity contribution in [2.24, 2.45) is 0 Å². The summed E-state index contributed by atoms with van der Waals surface area (Å²) in [5.41, 5.74) is 0.751. The lowest BCUT2D eigenvalue weighted by Crippen LogP contribution is -2.27. The molecule has 0 aliphatic carbocycles. The first-order valence-corrected chi connectivity index (χ1v) is 7.67. The molecule has 6 nitrogen and oxygen atoms in total. The van der Waals surface area contributed by atoms with Crippen LogP contribution >= 0.6 is 0 Å². The molecule has 0 amide bonds. The number of H-pyrrole nitrogens is 1. The SMILES string of the molecule is CCNCc1cc(S(=O)(=O)NCCOCC(F)F)c[nH]1. The van der Waals surface area contributed by atoms with Crippen LogP contribution in [0.4, 0.5) is 8.78 Å². The van der Waals surface area contributed by atoms with E-state index < -0.39 is 23.1 Å². The highest BCUT2D eigenvalue weighted by Crippen LogP contribution is 2.10. The second-order valence-electron chi connectivity index (χ2n) is 4.00. The van der Waals surface area contributed by atoms with Gasteiger partial charge in [0.25, 0.3) is 6.43 Å². The van der Waals surface area contributed by atoms with Crippen molar-refractivity contribution >= 4 is 10.0 Å². The Kier molecular flexibility index (Phi) is 7.06. The first-order chi connectivity index (χ1) is 9.45. The molecule has 1 heterocycles. The highest BCUT2D eigenvalue weighted by atomic mass is 32.2. The molecular formula is C11H19F2N3O3S. The quantitative estimate of drug-likeness (QED) is 0.555. The van der Waals surface area contributed by atoms with Crippen LogP contribution in [0.15, 0.2) is 17.2 Å². The largest absolute Gasteiger partial charge is 0.374 e. The molecule has 9 heteroatoms. The van der Waals surface area contributed by atoms with Crippen LogP contribution in [0.5, 0.6) is 0 Å². The summed E-state index contributed by atoms with van der Waals surface area (Å²) < 4.78 is 54.2. The lowest BCUT2D eigenvalue weighted by molar-refractivity contribution is 0.0199. The third-order valence-corrected chi connectivity index (χ3v) is 3.81. The minimum atomic E-state index is -3.64. The molecule has 0 spiro atoms. The van der Waals surface area contributed by atoms with Crippen molar-refractivity contribution in [2.45, 2.75) is 24.8 Å². The first kappa shape index (κ1) is 17.0. The lowest BCUT2D eigenvalue weighted by Gasteiger charge is -2.05. The Morgan fingerprint density at radius 2 is 2.20 bits per heavy atom. The van der Waals surface area contributed by atoms with E-state index in [4.69, 9.17) is 0 Å². The molecule has 0 aliphatic rings. The molecule has 20 heavy (non-hydrogen) atoms. The minimum absolute atomic E-state index is 0.0528. The monoisotopic (exact) mass is 311 g/mol. The maximum absolute atomic E-state index is 11.9. The van der Waals surface area contributed by atoms with Gasteiger partial charge in [0.05, 0.1) is 11.5 Å². The van der Waals surface area contributed by atoms with Gasteiger partial charge in [-0.25, -0.2) is 21.9 Å². The second kappa shape index (κ2) is 8.30. The summed E-state index contributed by atoms with van der Waals surface area (Å²) in [6.45, 7) is 2.42. The molecule has 1 aromatic rings. The van der Waals surface area contributed by atoms with Gasteiger partial charge in [-0.05, 0) is 12.6 Å². The third-order valence-electron chi connectivity index (χ3n) is 2.37. The molecule has 1 aromatic heterocycles. The molecule has 3 N–H and O–H groups in total. The summed E-state index contributed by atoms with van der Waals surface area (Å²) >= 11 is 0. The number of nitrogens with one attached hydrogen (secondary N) is 3. The molecule has 116 valence electrons. The number of aromatic amines is 1. The zero-order chi connectivity index (χ0) is 15.0. The Labute approximate surface area is 117 Å². The van der Waals surface area contributed by atoms with Crippen LogP contribution in [0.1, 0.15) is 12.6 Å². The lowest BCUT2D eigenvalue weighted by atomic mass is 10.4. The molecule has 0 saturated carbocycles. The molecule has 0 bridgehead atoms. The van der Waals surface area contributed by atoms with E-state index in [2.05, 4.69) is 19.8 Å². The molecule has 0 atom stereocenters. The van der Waals surface area contributed by atoms with Gasteiger partial charge < -0.3 is 15.0 Å². The summed E-state index contributed by atoms with van der Waals surface area (Å²) in [4.78, 5) is 2.96. The predicted octanol–water partition coefficient (Wildman–Crippen LogP) is 0.684. The summed E-state index contributed by atoms with van der Waals surface area (Å²) in [5, 5.41) is 3.06. The third kappa shape index (κ3) is 5.95. The Morgan fingerprint density at radius 3 is 2.85 bits per heavy atom. The Bertz CT molecular complexity index is 491. The van der Waals surface area contributed by atoms with Gasteiger partial charge in [-0.2, -0.15) is 0 Å². The van der Waals surface area contributed by atoms with Crippen molar-refractivity contribution in [1.82, 2.24) is 15.0 Å². The molecular weight excluding hydrogens is 292 g/mol. The normalized spacial score (nSPS) is 12.2. The molecule has 0 fully saturated rings. The number of hydrogen-bond acceptors (Lipinski definition) is 4. The van der Waals surface area contributed by atoms with Gasteiger partial charge in [-0.3, -0.25) is 0 Å². The molecule has 0 saturated heterocycles. The smallest absolute Gasteiger partial charge is 0.261 e. The molecule has 0 aliphatic heterocycles. The van der Waals surface area contributed by atoms with Gasteiger partial charge in [-0.15, -0.1) is 0 Å². The van der Waals surface area contributed by atoms with Gasteiger partial charge in [-0.1, -0.05) is 6.92 Å². The number of hydrogen-bond donors (Lipinski definition) is 3. The van der Waals surface area contributed by atoms with Crippen molar-refractivity contribution in [2.75, 3.05) is 26.3 Å². The van der Waals surface area contributed by atoms with Crippen LogP contribution in [0.2, 0.25) is 0 Å². The highest BCUT2D eigenvalue weighted by Gasteiger charge is 2.15. The fourth-order valence-electron chi connectivity index (χ4n) is 1.44. The van der Waals surface area contributed by atoms with Crippen molar-refractivity contribution in [3.05, 3.63) is 18.0 Å². The van der Waals surface area contributed by atoms with Crippen molar-refractivity contribution in [3.63, 3.8) is 0 Å². The van der Waals surface area contributed by atoms with Gasteiger partial charge in [0.1, 0.15) is 6.61 Å². The van der Waals surface area contributed by atoms with Crippen molar-refractivity contribution in [1.29, 1.82) is 0 Å². The molecule has 0 radical (unpaired) electrons. The van der Waals surface area contributed by atoms with Crippen LogP contribution in [0.25, 0.3) is 0 Å². The molecule has 1 rings (SSSR count). The number of halogens is 2. The van der Waals surface area contributed by atoms with E-state index in [1.807, 2.05) is 6.92 Å². The van der Waals surface area contributed by atoms with E-state index in [-0.39, 0.29) is 18.0 Å². The van der Waals surface area contributed by atoms with E-state index >= 15 is 0 Å². The average Bonchev–Trinajstić information content (AvgIpc) is 2.85. The number of rotatable bonds is 10. The Hall–Kier alpha value is -1.03. The average molecular weight is 311 g/mol. The van der Waals surface area contributed by atoms with Crippen LogP contribution < -0.4 is 10.0 Å². The van der Waals surface area contributed by atoms with Gasteiger partial charge in [0.2, 0.25) is 10.0 Å². The van der Waals surface area contributed by atoms with E-state index in [1.165, 1.54) is 12.3 Å². The van der Waals surface area contributed by atoms with Crippen LogP contribution in [0, 0.1) is 0 Å². The van der Waals surface area contributed by atoms with Gasteiger partial charge in [0.15, 0.2) is 0 Å². The fourth-order valence-corrected chi connectivity index (χ4v) is 2.47. The zero-order valence-corrected chi connectivity index (χ0v) is 12.0. The number of sulfonamides is 1. The highest BCUT2D eigenvalue weighted by molar-refractivity contribution is 7.89. The second-order valence-corrected chi connectivity index (χ2v) is 5.77. The van der Waals surface area contributed by atoms with Gasteiger partial charge in [0, 0.05) is 25.0 Å². The number of alkyl halides is 2. The predicted molar refractivity (Wildman–Crippen MR) is 70.2 cm³/mol. The van der Waals surface area contributed by atoms with Crippen molar-refractivity contribution < 1.29 is 21.9 Å². The number of aromatic nitrogens is 1. The summed E-state index contributed by atoms with van der Waals surface area (Å²) in [5.74, 6) is 0. The van der Waals surface area contributed by atoms with E-state index in [1.54, 1.807) is 0 Å². The standard InChI is InChI=1S/C11H19F2N3O3S/c1-2-14-6-9-5-10(7-15-9)20(17,18)16-3-4-19-8-11(12)13/h5,7,11,14-16H,2-4,6,8H2,1H3. The summed E-state index contributed by atoms with van der Waals surface area (Å²) in [6.07, 6.45) is -1.17. The Balaban J connectivity index is 2.41. The van der Waals surface area contributed by atoms with Crippen molar-refractivity contribution in [3.8, 4) is 0 Å². The van der Waals surface area contributed by atoms with Gasteiger partial charge >= 0.3 is 0 Å². The maximum Gasteiger partial charge on any atom is 0.261 e. The van der Waals surface area contributed by atoms with Crippen LogP contribution in [-0.2, 0) is 21.3 Å². The van der Waals surface area contributed by atoms with Crippen LogP contribution in [-0.4, -0.2) is 46.1 Å². The maximum atomic E-state index is 11.9. The summed E-state index contributed by atoms with van der Waals surface area (Å²) in [7, 11) is -3.64. The first-order valence-electron chi connectivity index (χ1n) is 6.19. The zero-order valence-electron chi connectivity index (χ0n) is 11.2. The van der Waals surface area contributed by atoms with E-state index in [9.17, 15) is 17.2 Å². The minimum Gasteiger partial charge on any atom is -0.374 e. The molecule has 0 unspecified atom stereocenters. The summed E-state index contributed by atoms with van der Waals surface area (Å²) in [6, 6.07) is 1.52. The van der Waals surface area contributed by atoms with E-state index in [0.717, 1.165) is 12.2 Å². The Morgan fingerprint density at radius 1 is 1.45 bits per heavy atom. The number of ether oxygens (including phenoxy) is 1. The van der Waals surface area contributed by atoms with E-state index in [0.29, 0.717) is 6.54 Å². The fraction of sp³-hybridized carbons (Fsp3) is 0.636. The van der Waals surface area contributed by atoms with Crippen LogP contribution in [0.3, 0.4) is 0 Å².